The van der Waals surface area contributed by atoms with Crippen LogP contribution in [0.4, 0.5) is 24.5 Å². The first-order valence-corrected chi connectivity index (χ1v) is 11.2. The van der Waals surface area contributed by atoms with Crippen molar-refractivity contribution in [2.75, 3.05) is 49.5 Å². The molecule has 2 aromatic rings. The summed E-state index contributed by atoms with van der Waals surface area (Å²) in [4.78, 5) is 19.9. The maximum atomic E-state index is 13.1. The van der Waals surface area contributed by atoms with E-state index in [-0.39, 0.29) is 11.7 Å². The molecule has 2 heterocycles. The molecule has 10 heteroatoms. The van der Waals surface area contributed by atoms with Crippen molar-refractivity contribution in [2.45, 2.75) is 25.1 Å². The zero-order chi connectivity index (χ0) is 24.1. The third-order valence-electron chi connectivity index (χ3n) is 5.97. The standard InChI is InChI=1S/C24H27F3N4O3/c25-24(26,27)18-3-1-4-20(15-18)30-10-12-31(13-11-30)23(28-16-21-5-2-14-34-21)29-19-8-6-17(7-9-19)22(32)33/h1,3-4,6-9,15,21H,2,5,10-14,16H2,(H,28,29)(H,32,33)/t21-/m0/s1. The minimum atomic E-state index is -4.37. The molecule has 0 aromatic heterocycles. The van der Waals surface area contributed by atoms with Crippen LogP contribution in [-0.4, -0.2) is 67.4 Å². The van der Waals surface area contributed by atoms with Gasteiger partial charge in [0.1, 0.15) is 0 Å². The van der Waals surface area contributed by atoms with Crippen molar-refractivity contribution in [3.8, 4) is 0 Å². The van der Waals surface area contributed by atoms with Gasteiger partial charge in [-0.05, 0) is 55.3 Å². The average molecular weight is 476 g/mol. The number of guanidine groups is 1. The topological polar surface area (TPSA) is 77.4 Å². The molecular weight excluding hydrogens is 449 g/mol. The predicted molar refractivity (Wildman–Crippen MR) is 124 cm³/mol. The van der Waals surface area contributed by atoms with Gasteiger partial charge in [-0.25, -0.2) is 4.79 Å². The summed E-state index contributed by atoms with van der Waals surface area (Å²) in [6.07, 6.45) is -2.35. The molecule has 182 valence electrons. The highest BCUT2D eigenvalue weighted by atomic mass is 19.4. The Morgan fingerprint density at radius 3 is 2.47 bits per heavy atom. The Morgan fingerprint density at radius 1 is 1.12 bits per heavy atom. The number of hydrogen-bond donors (Lipinski definition) is 2. The number of alkyl halides is 3. The third-order valence-corrected chi connectivity index (χ3v) is 5.97. The molecule has 7 nitrogen and oxygen atoms in total. The zero-order valence-electron chi connectivity index (χ0n) is 18.6. The molecule has 0 bridgehead atoms. The van der Waals surface area contributed by atoms with Crippen LogP contribution in [0.5, 0.6) is 0 Å². The van der Waals surface area contributed by atoms with Crippen LogP contribution >= 0.6 is 0 Å². The summed E-state index contributed by atoms with van der Waals surface area (Å²) in [5.74, 6) is -0.355. The number of nitrogens with one attached hydrogen (secondary N) is 1. The molecule has 0 radical (unpaired) electrons. The molecule has 0 amide bonds. The quantitative estimate of drug-likeness (QED) is 0.498. The van der Waals surface area contributed by atoms with Gasteiger partial charge in [0.05, 0.1) is 23.8 Å². The van der Waals surface area contributed by atoms with Crippen LogP contribution in [0.2, 0.25) is 0 Å². The molecule has 2 aliphatic heterocycles. The summed E-state index contributed by atoms with van der Waals surface area (Å²) in [6, 6.07) is 11.8. The summed E-state index contributed by atoms with van der Waals surface area (Å²) in [5, 5.41) is 12.4. The van der Waals surface area contributed by atoms with E-state index in [4.69, 9.17) is 14.8 Å². The van der Waals surface area contributed by atoms with Crippen LogP contribution in [0.25, 0.3) is 0 Å². The highest BCUT2D eigenvalue weighted by Gasteiger charge is 2.31. The van der Waals surface area contributed by atoms with Gasteiger partial charge in [0, 0.05) is 44.2 Å². The largest absolute Gasteiger partial charge is 0.478 e. The van der Waals surface area contributed by atoms with Gasteiger partial charge in [-0.15, -0.1) is 0 Å². The van der Waals surface area contributed by atoms with E-state index >= 15 is 0 Å². The molecule has 0 spiro atoms. The molecule has 2 N–H and O–H groups in total. The maximum Gasteiger partial charge on any atom is 0.416 e. The molecule has 0 saturated carbocycles. The van der Waals surface area contributed by atoms with E-state index in [2.05, 4.69) is 10.2 Å². The smallest absolute Gasteiger partial charge is 0.416 e. The van der Waals surface area contributed by atoms with Crippen molar-refractivity contribution >= 4 is 23.3 Å². The second-order valence-corrected chi connectivity index (χ2v) is 8.33. The van der Waals surface area contributed by atoms with Crippen LogP contribution in [0.1, 0.15) is 28.8 Å². The van der Waals surface area contributed by atoms with Gasteiger partial charge in [-0.1, -0.05) is 6.07 Å². The summed E-state index contributed by atoms with van der Waals surface area (Å²) in [6.45, 7) is 3.46. The van der Waals surface area contributed by atoms with Crippen LogP contribution in [0, 0.1) is 0 Å². The molecule has 2 fully saturated rings. The van der Waals surface area contributed by atoms with E-state index in [1.54, 1.807) is 18.2 Å². The minimum Gasteiger partial charge on any atom is -0.478 e. The summed E-state index contributed by atoms with van der Waals surface area (Å²) < 4.78 is 45.0. The van der Waals surface area contributed by atoms with Crippen molar-refractivity contribution in [3.63, 3.8) is 0 Å². The first-order chi connectivity index (χ1) is 16.3. The minimum absolute atomic E-state index is 0.0672. The van der Waals surface area contributed by atoms with E-state index in [9.17, 15) is 18.0 Å². The monoisotopic (exact) mass is 476 g/mol. The first-order valence-electron chi connectivity index (χ1n) is 11.2. The highest BCUT2D eigenvalue weighted by molar-refractivity contribution is 5.95. The number of carboxylic acids is 1. The lowest BCUT2D eigenvalue weighted by Gasteiger charge is -2.38. The number of rotatable bonds is 5. The van der Waals surface area contributed by atoms with Crippen LogP contribution in [-0.2, 0) is 10.9 Å². The van der Waals surface area contributed by atoms with Gasteiger partial charge < -0.3 is 25.0 Å². The van der Waals surface area contributed by atoms with E-state index in [0.29, 0.717) is 50.1 Å². The van der Waals surface area contributed by atoms with Gasteiger partial charge in [-0.3, -0.25) is 4.99 Å². The number of hydrogen-bond acceptors (Lipinski definition) is 4. The molecule has 1 atom stereocenters. The average Bonchev–Trinajstić information content (AvgIpc) is 3.35. The van der Waals surface area contributed by atoms with E-state index < -0.39 is 17.7 Å². The molecule has 0 unspecified atom stereocenters. The SMILES string of the molecule is O=C(O)c1ccc(NC(=NC[C@@H]2CCCO2)N2CCN(c3cccc(C(F)(F)F)c3)CC2)cc1. The Labute approximate surface area is 195 Å². The number of ether oxygens (including phenoxy) is 1. The number of halogens is 3. The Balaban J connectivity index is 1.45. The normalized spacial score (nSPS) is 19.4. The molecule has 2 aromatic carbocycles. The third kappa shape index (κ3) is 5.99. The lowest BCUT2D eigenvalue weighted by molar-refractivity contribution is -0.137. The number of benzene rings is 2. The molecule has 2 saturated heterocycles. The highest BCUT2D eigenvalue weighted by Crippen LogP contribution is 2.32. The fourth-order valence-electron chi connectivity index (χ4n) is 4.08. The predicted octanol–water partition coefficient (Wildman–Crippen LogP) is 4.17. The van der Waals surface area contributed by atoms with Crippen LogP contribution < -0.4 is 10.2 Å². The summed E-state index contributed by atoms with van der Waals surface area (Å²) in [7, 11) is 0. The van der Waals surface area contributed by atoms with E-state index in [1.165, 1.54) is 24.3 Å². The number of aromatic carboxylic acids is 1. The van der Waals surface area contributed by atoms with E-state index in [0.717, 1.165) is 25.5 Å². The molecule has 2 aliphatic rings. The number of aliphatic imine (C=N–C) groups is 1. The molecular formula is C24H27F3N4O3. The van der Waals surface area contributed by atoms with Crippen molar-refractivity contribution in [1.82, 2.24) is 4.90 Å². The van der Waals surface area contributed by atoms with Crippen molar-refractivity contribution in [2.24, 2.45) is 4.99 Å². The lowest BCUT2D eigenvalue weighted by atomic mass is 10.1. The fraction of sp³-hybridized carbons (Fsp3) is 0.417. The van der Waals surface area contributed by atoms with Crippen LogP contribution in [0.3, 0.4) is 0 Å². The van der Waals surface area contributed by atoms with Gasteiger partial charge in [0.15, 0.2) is 5.96 Å². The first kappa shape index (κ1) is 23.9. The summed E-state index contributed by atoms with van der Waals surface area (Å²) >= 11 is 0. The fourth-order valence-corrected chi connectivity index (χ4v) is 4.08. The Morgan fingerprint density at radius 2 is 1.85 bits per heavy atom. The van der Waals surface area contributed by atoms with Gasteiger partial charge in [-0.2, -0.15) is 13.2 Å². The van der Waals surface area contributed by atoms with Gasteiger partial charge in [0.2, 0.25) is 0 Å². The maximum absolute atomic E-state index is 13.1. The van der Waals surface area contributed by atoms with Crippen molar-refractivity contribution in [3.05, 3.63) is 59.7 Å². The van der Waals surface area contributed by atoms with Crippen molar-refractivity contribution in [1.29, 1.82) is 0 Å². The van der Waals surface area contributed by atoms with Gasteiger partial charge in [0.25, 0.3) is 0 Å². The Bertz CT molecular complexity index is 1010. The molecule has 0 aliphatic carbocycles. The second kappa shape index (κ2) is 10.3. The number of nitrogens with zero attached hydrogens (tertiary/aromatic N) is 3. The number of anilines is 2. The lowest BCUT2D eigenvalue weighted by Crippen LogP contribution is -2.51. The number of carbonyl (C=O) groups is 1. The van der Waals surface area contributed by atoms with Crippen molar-refractivity contribution < 1.29 is 27.8 Å². The van der Waals surface area contributed by atoms with Crippen LogP contribution in [0.15, 0.2) is 53.5 Å². The molecule has 4 rings (SSSR count). The number of carboxylic acid groups (broad SMARTS) is 1. The Hall–Kier alpha value is -3.27. The van der Waals surface area contributed by atoms with Gasteiger partial charge >= 0.3 is 12.1 Å². The summed E-state index contributed by atoms with van der Waals surface area (Å²) in [5.41, 5.74) is 0.789. The second-order valence-electron chi connectivity index (χ2n) is 8.33. The Kier molecular flexibility index (Phi) is 7.26. The molecule has 34 heavy (non-hydrogen) atoms. The van der Waals surface area contributed by atoms with E-state index in [1.807, 2.05) is 4.90 Å². The number of piperazine rings is 1. The zero-order valence-corrected chi connectivity index (χ0v) is 18.6.